The standard InChI is InChI=1S/C10H12N4/c1-7-8(3-4-10(11)12-7)9-5-6-14(2)13-9/h3-6H,1-2H3,(H2,11,12). The van der Waals surface area contributed by atoms with Crippen LogP contribution in [0.5, 0.6) is 0 Å². The SMILES string of the molecule is Cc1nc(N)ccc1-c1ccn(C)n1. The average Bonchev–Trinajstić information content (AvgIpc) is 2.51. The van der Waals surface area contributed by atoms with Crippen LogP contribution >= 0.6 is 0 Å². The maximum atomic E-state index is 5.57. The number of anilines is 1. The summed E-state index contributed by atoms with van der Waals surface area (Å²) in [7, 11) is 1.89. The fourth-order valence-electron chi connectivity index (χ4n) is 1.41. The second-order valence-corrected chi connectivity index (χ2v) is 3.24. The van der Waals surface area contributed by atoms with E-state index in [4.69, 9.17) is 5.73 Å². The fourth-order valence-corrected chi connectivity index (χ4v) is 1.41. The highest BCUT2D eigenvalue weighted by atomic mass is 15.2. The van der Waals surface area contributed by atoms with E-state index in [0.717, 1.165) is 17.0 Å². The molecule has 0 radical (unpaired) electrons. The summed E-state index contributed by atoms with van der Waals surface area (Å²) < 4.78 is 1.77. The van der Waals surface area contributed by atoms with Crippen LogP contribution in [0.25, 0.3) is 11.3 Å². The summed E-state index contributed by atoms with van der Waals surface area (Å²) in [5.74, 6) is 0.544. The van der Waals surface area contributed by atoms with E-state index in [1.807, 2.05) is 32.3 Å². The zero-order valence-electron chi connectivity index (χ0n) is 8.23. The van der Waals surface area contributed by atoms with Crippen molar-refractivity contribution in [2.45, 2.75) is 6.92 Å². The van der Waals surface area contributed by atoms with Crippen molar-refractivity contribution in [2.24, 2.45) is 7.05 Å². The van der Waals surface area contributed by atoms with Gasteiger partial charge in [0.25, 0.3) is 0 Å². The molecule has 0 aromatic carbocycles. The van der Waals surface area contributed by atoms with E-state index in [-0.39, 0.29) is 0 Å². The number of pyridine rings is 1. The van der Waals surface area contributed by atoms with Gasteiger partial charge in [-0.2, -0.15) is 5.10 Å². The Morgan fingerprint density at radius 2 is 2.07 bits per heavy atom. The van der Waals surface area contributed by atoms with Gasteiger partial charge in [-0.15, -0.1) is 0 Å². The molecule has 2 aromatic rings. The van der Waals surface area contributed by atoms with Crippen LogP contribution in [0, 0.1) is 6.92 Å². The number of hydrogen-bond donors (Lipinski definition) is 1. The first kappa shape index (κ1) is 8.74. The van der Waals surface area contributed by atoms with Gasteiger partial charge in [0, 0.05) is 24.5 Å². The molecule has 2 aromatic heterocycles. The van der Waals surface area contributed by atoms with Crippen molar-refractivity contribution in [1.82, 2.24) is 14.8 Å². The summed E-state index contributed by atoms with van der Waals surface area (Å²) in [6, 6.07) is 5.69. The van der Waals surface area contributed by atoms with Gasteiger partial charge in [0.2, 0.25) is 0 Å². The van der Waals surface area contributed by atoms with Crippen molar-refractivity contribution < 1.29 is 0 Å². The first-order valence-corrected chi connectivity index (χ1v) is 4.40. The second-order valence-electron chi connectivity index (χ2n) is 3.24. The Morgan fingerprint density at radius 3 is 2.64 bits per heavy atom. The van der Waals surface area contributed by atoms with E-state index >= 15 is 0 Å². The summed E-state index contributed by atoms with van der Waals surface area (Å²) in [4.78, 5) is 4.19. The van der Waals surface area contributed by atoms with Gasteiger partial charge in [-0.25, -0.2) is 4.98 Å². The van der Waals surface area contributed by atoms with Crippen molar-refractivity contribution in [3.8, 4) is 11.3 Å². The Hall–Kier alpha value is -1.84. The Balaban J connectivity index is 2.52. The van der Waals surface area contributed by atoms with Crippen LogP contribution in [0.1, 0.15) is 5.69 Å². The topological polar surface area (TPSA) is 56.7 Å². The maximum Gasteiger partial charge on any atom is 0.123 e. The lowest BCUT2D eigenvalue weighted by Gasteiger charge is -2.01. The fraction of sp³-hybridized carbons (Fsp3) is 0.200. The number of aromatic nitrogens is 3. The van der Waals surface area contributed by atoms with E-state index < -0.39 is 0 Å². The minimum absolute atomic E-state index is 0.544. The molecular formula is C10H12N4. The molecule has 0 aliphatic heterocycles. The quantitative estimate of drug-likeness (QED) is 0.735. The third-order valence-electron chi connectivity index (χ3n) is 2.10. The highest BCUT2D eigenvalue weighted by Crippen LogP contribution is 2.20. The second kappa shape index (κ2) is 3.14. The van der Waals surface area contributed by atoms with Crippen LogP contribution in [-0.2, 0) is 7.05 Å². The van der Waals surface area contributed by atoms with Gasteiger partial charge in [-0.1, -0.05) is 0 Å². The molecule has 0 bridgehead atoms. The van der Waals surface area contributed by atoms with E-state index in [0.29, 0.717) is 5.82 Å². The number of nitrogens with zero attached hydrogens (tertiary/aromatic N) is 3. The molecule has 0 saturated heterocycles. The first-order chi connectivity index (χ1) is 6.66. The molecule has 0 atom stereocenters. The summed E-state index contributed by atoms with van der Waals surface area (Å²) in [5.41, 5.74) is 8.44. The molecule has 0 spiro atoms. The summed E-state index contributed by atoms with van der Waals surface area (Å²) in [5, 5.41) is 4.31. The van der Waals surface area contributed by atoms with Crippen molar-refractivity contribution in [3.05, 3.63) is 30.1 Å². The predicted molar refractivity (Wildman–Crippen MR) is 55.6 cm³/mol. The lowest BCUT2D eigenvalue weighted by atomic mass is 10.1. The van der Waals surface area contributed by atoms with Gasteiger partial charge in [-0.3, -0.25) is 4.68 Å². The van der Waals surface area contributed by atoms with Crippen LogP contribution in [0.15, 0.2) is 24.4 Å². The van der Waals surface area contributed by atoms with Crippen LogP contribution in [0.2, 0.25) is 0 Å². The highest BCUT2D eigenvalue weighted by Gasteiger charge is 2.05. The van der Waals surface area contributed by atoms with Gasteiger partial charge in [-0.05, 0) is 25.1 Å². The number of hydrogen-bond acceptors (Lipinski definition) is 3. The molecule has 0 aliphatic rings. The molecule has 0 unspecified atom stereocenters. The molecule has 2 rings (SSSR count). The van der Waals surface area contributed by atoms with E-state index in [1.165, 1.54) is 0 Å². The Bertz CT molecular complexity index is 459. The molecule has 0 amide bonds. The monoisotopic (exact) mass is 188 g/mol. The molecule has 2 heterocycles. The Kier molecular flexibility index (Phi) is 1.96. The normalized spacial score (nSPS) is 10.4. The lowest BCUT2D eigenvalue weighted by molar-refractivity contribution is 0.770. The van der Waals surface area contributed by atoms with Crippen LogP contribution < -0.4 is 5.73 Å². The Labute approximate surface area is 82.4 Å². The molecule has 2 N–H and O–H groups in total. The third kappa shape index (κ3) is 1.46. The van der Waals surface area contributed by atoms with Crippen molar-refractivity contribution in [2.75, 3.05) is 5.73 Å². The molecule has 0 aliphatic carbocycles. The third-order valence-corrected chi connectivity index (χ3v) is 2.10. The van der Waals surface area contributed by atoms with E-state index in [2.05, 4.69) is 10.1 Å². The number of nitrogen functional groups attached to an aromatic ring is 1. The molecule has 4 heteroatoms. The number of aryl methyl sites for hydroxylation is 2. The van der Waals surface area contributed by atoms with E-state index in [1.54, 1.807) is 10.7 Å². The summed E-state index contributed by atoms with van der Waals surface area (Å²) >= 11 is 0. The van der Waals surface area contributed by atoms with Crippen molar-refractivity contribution in [1.29, 1.82) is 0 Å². The predicted octanol–water partition coefficient (Wildman–Crippen LogP) is 1.37. The van der Waals surface area contributed by atoms with Gasteiger partial charge in [0.05, 0.1) is 5.69 Å². The summed E-state index contributed by atoms with van der Waals surface area (Å²) in [6.45, 7) is 1.93. The molecule has 0 fully saturated rings. The molecule has 72 valence electrons. The van der Waals surface area contributed by atoms with Crippen LogP contribution in [0.3, 0.4) is 0 Å². The minimum Gasteiger partial charge on any atom is -0.384 e. The largest absolute Gasteiger partial charge is 0.384 e. The highest BCUT2D eigenvalue weighted by molar-refractivity contribution is 5.62. The van der Waals surface area contributed by atoms with Gasteiger partial charge in [0.1, 0.15) is 5.82 Å². The van der Waals surface area contributed by atoms with E-state index in [9.17, 15) is 0 Å². The van der Waals surface area contributed by atoms with Gasteiger partial charge in [0.15, 0.2) is 0 Å². The maximum absolute atomic E-state index is 5.57. The molecular weight excluding hydrogens is 176 g/mol. The molecule has 0 saturated carbocycles. The lowest BCUT2D eigenvalue weighted by Crippen LogP contribution is -1.95. The minimum atomic E-state index is 0.544. The zero-order valence-corrected chi connectivity index (χ0v) is 8.23. The smallest absolute Gasteiger partial charge is 0.123 e. The number of rotatable bonds is 1. The zero-order chi connectivity index (χ0) is 10.1. The van der Waals surface area contributed by atoms with Crippen molar-refractivity contribution >= 4 is 5.82 Å². The van der Waals surface area contributed by atoms with Crippen molar-refractivity contribution in [3.63, 3.8) is 0 Å². The average molecular weight is 188 g/mol. The number of nitrogens with two attached hydrogens (primary N) is 1. The molecule has 4 nitrogen and oxygen atoms in total. The van der Waals surface area contributed by atoms with Crippen LogP contribution in [0.4, 0.5) is 5.82 Å². The Morgan fingerprint density at radius 1 is 1.29 bits per heavy atom. The van der Waals surface area contributed by atoms with Gasteiger partial charge >= 0.3 is 0 Å². The summed E-state index contributed by atoms with van der Waals surface area (Å²) in [6.07, 6.45) is 1.91. The van der Waals surface area contributed by atoms with Gasteiger partial charge < -0.3 is 5.73 Å². The molecule has 14 heavy (non-hydrogen) atoms. The van der Waals surface area contributed by atoms with Crippen LogP contribution in [-0.4, -0.2) is 14.8 Å². The first-order valence-electron chi connectivity index (χ1n) is 4.40.